The summed E-state index contributed by atoms with van der Waals surface area (Å²) in [7, 11) is 0. The molecule has 1 rings (SSSR count). The molecule has 0 unspecified atom stereocenters. The molecule has 3 N–H and O–H groups in total. The number of halogens is 1. The molecule has 0 aliphatic rings. The predicted octanol–water partition coefficient (Wildman–Crippen LogP) is 2.24. The molecule has 0 saturated heterocycles. The zero-order valence-electron chi connectivity index (χ0n) is 6.89. The first kappa shape index (κ1) is 9.26. The molecule has 0 fully saturated rings. The second-order valence-electron chi connectivity index (χ2n) is 2.79. The van der Waals surface area contributed by atoms with E-state index >= 15 is 0 Å². The maximum Gasteiger partial charge on any atom is 0.0950 e. The summed E-state index contributed by atoms with van der Waals surface area (Å²) in [6, 6.07) is 6.00. The molecular formula is C9H11BrN2. The van der Waals surface area contributed by atoms with Crippen LogP contribution in [0.2, 0.25) is 0 Å². The van der Waals surface area contributed by atoms with E-state index in [0.29, 0.717) is 6.42 Å². The van der Waals surface area contributed by atoms with Crippen LogP contribution >= 0.6 is 15.9 Å². The van der Waals surface area contributed by atoms with Gasteiger partial charge in [-0.1, -0.05) is 28.1 Å². The number of benzene rings is 1. The van der Waals surface area contributed by atoms with Crippen molar-refractivity contribution in [2.24, 2.45) is 5.73 Å². The van der Waals surface area contributed by atoms with Crippen LogP contribution in [0.4, 0.5) is 0 Å². The number of nitrogens with two attached hydrogens (primary N) is 1. The fourth-order valence-corrected chi connectivity index (χ4v) is 1.39. The molecule has 3 heteroatoms. The zero-order chi connectivity index (χ0) is 9.14. The van der Waals surface area contributed by atoms with Crippen LogP contribution in [0.1, 0.15) is 11.1 Å². The van der Waals surface area contributed by atoms with Crippen LogP contribution in [-0.4, -0.2) is 5.84 Å². The molecule has 0 bridgehead atoms. The molecule has 0 radical (unpaired) electrons. The first-order valence-corrected chi connectivity index (χ1v) is 4.47. The first-order valence-electron chi connectivity index (χ1n) is 3.67. The number of aryl methyl sites for hydroxylation is 1. The van der Waals surface area contributed by atoms with E-state index in [-0.39, 0.29) is 5.84 Å². The monoisotopic (exact) mass is 226 g/mol. The van der Waals surface area contributed by atoms with Crippen LogP contribution in [0.3, 0.4) is 0 Å². The highest BCUT2D eigenvalue weighted by atomic mass is 79.9. The SMILES string of the molecule is Cc1ccc(CC(=N)N)cc1Br. The number of hydrogen-bond acceptors (Lipinski definition) is 1. The molecule has 1 aromatic rings. The highest BCUT2D eigenvalue weighted by Gasteiger charge is 1.98. The molecule has 0 spiro atoms. The van der Waals surface area contributed by atoms with Gasteiger partial charge in [0.05, 0.1) is 5.84 Å². The Morgan fingerprint density at radius 2 is 2.25 bits per heavy atom. The molecule has 0 aliphatic carbocycles. The van der Waals surface area contributed by atoms with E-state index < -0.39 is 0 Å². The van der Waals surface area contributed by atoms with E-state index in [1.807, 2.05) is 25.1 Å². The van der Waals surface area contributed by atoms with Gasteiger partial charge in [0, 0.05) is 10.9 Å². The Morgan fingerprint density at radius 1 is 1.58 bits per heavy atom. The summed E-state index contributed by atoms with van der Waals surface area (Å²) in [6.45, 7) is 2.03. The van der Waals surface area contributed by atoms with E-state index in [2.05, 4.69) is 15.9 Å². The third-order valence-electron chi connectivity index (χ3n) is 1.63. The van der Waals surface area contributed by atoms with E-state index in [9.17, 15) is 0 Å². The molecule has 0 atom stereocenters. The van der Waals surface area contributed by atoms with Crippen LogP contribution in [0.25, 0.3) is 0 Å². The van der Waals surface area contributed by atoms with Crippen LogP contribution in [0.15, 0.2) is 22.7 Å². The topological polar surface area (TPSA) is 49.9 Å². The fraction of sp³-hybridized carbons (Fsp3) is 0.222. The molecule has 1 aromatic carbocycles. The molecular weight excluding hydrogens is 216 g/mol. The average molecular weight is 227 g/mol. The van der Waals surface area contributed by atoms with Crippen molar-refractivity contribution in [2.45, 2.75) is 13.3 Å². The molecule has 0 aliphatic heterocycles. The predicted molar refractivity (Wildman–Crippen MR) is 54.5 cm³/mol. The van der Waals surface area contributed by atoms with Crippen molar-refractivity contribution in [3.8, 4) is 0 Å². The Kier molecular flexibility index (Phi) is 2.87. The van der Waals surface area contributed by atoms with Crippen LogP contribution < -0.4 is 5.73 Å². The third-order valence-corrected chi connectivity index (χ3v) is 2.49. The van der Waals surface area contributed by atoms with Gasteiger partial charge in [0.25, 0.3) is 0 Å². The van der Waals surface area contributed by atoms with Crippen molar-refractivity contribution in [3.05, 3.63) is 33.8 Å². The van der Waals surface area contributed by atoms with Gasteiger partial charge in [-0.25, -0.2) is 0 Å². The van der Waals surface area contributed by atoms with Gasteiger partial charge in [-0.2, -0.15) is 0 Å². The summed E-state index contributed by atoms with van der Waals surface area (Å²) in [4.78, 5) is 0. The van der Waals surface area contributed by atoms with Crippen molar-refractivity contribution in [3.63, 3.8) is 0 Å². The number of amidine groups is 1. The fourth-order valence-electron chi connectivity index (χ4n) is 0.966. The van der Waals surface area contributed by atoms with Gasteiger partial charge >= 0.3 is 0 Å². The Labute approximate surface area is 80.4 Å². The second kappa shape index (κ2) is 3.72. The minimum atomic E-state index is 0.200. The van der Waals surface area contributed by atoms with Crippen molar-refractivity contribution < 1.29 is 0 Å². The highest BCUT2D eigenvalue weighted by molar-refractivity contribution is 9.10. The lowest BCUT2D eigenvalue weighted by Crippen LogP contribution is -2.12. The van der Waals surface area contributed by atoms with Crippen molar-refractivity contribution in [1.82, 2.24) is 0 Å². The molecule has 12 heavy (non-hydrogen) atoms. The zero-order valence-corrected chi connectivity index (χ0v) is 8.48. The maximum absolute atomic E-state index is 7.12. The van der Waals surface area contributed by atoms with Crippen molar-refractivity contribution in [1.29, 1.82) is 5.41 Å². The number of rotatable bonds is 2. The molecule has 0 heterocycles. The number of nitrogens with one attached hydrogen (secondary N) is 1. The standard InChI is InChI=1S/C9H11BrN2/c1-6-2-3-7(4-8(6)10)5-9(11)12/h2-4H,5H2,1H3,(H3,11,12). The second-order valence-corrected chi connectivity index (χ2v) is 3.64. The normalized spacial score (nSPS) is 9.83. The third kappa shape index (κ3) is 2.34. The first-order chi connectivity index (χ1) is 5.59. The lowest BCUT2D eigenvalue weighted by Gasteiger charge is -2.02. The van der Waals surface area contributed by atoms with E-state index in [0.717, 1.165) is 10.0 Å². The molecule has 0 saturated carbocycles. The van der Waals surface area contributed by atoms with Crippen molar-refractivity contribution in [2.75, 3.05) is 0 Å². The van der Waals surface area contributed by atoms with Crippen molar-refractivity contribution >= 4 is 21.8 Å². The molecule has 64 valence electrons. The Bertz CT molecular complexity index is 307. The van der Waals surface area contributed by atoms with Crippen LogP contribution in [0, 0.1) is 12.3 Å². The summed E-state index contributed by atoms with van der Waals surface area (Å²) in [5.74, 6) is 0.200. The van der Waals surface area contributed by atoms with E-state index in [1.54, 1.807) is 0 Å². The lowest BCUT2D eigenvalue weighted by atomic mass is 10.1. The smallest absolute Gasteiger partial charge is 0.0950 e. The maximum atomic E-state index is 7.12. The summed E-state index contributed by atoms with van der Waals surface area (Å²) < 4.78 is 1.07. The van der Waals surface area contributed by atoms with Gasteiger partial charge in [-0.15, -0.1) is 0 Å². The van der Waals surface area contributed by atoms with E-state index in [4.69, 9.17) is 11.1 Å². The van der Waals surface area contributed by atoms with Gasteiger partial charge < -0.3 is 5.73 Å². The summed E-state index contributed by atoms with van der Waals surface area (Å²) in [5.41, 5.74) is 7.55. The van der Waals surface area contributed by atoms with Crippen LogP contribution in [-0.2, 0) is 6.42 Å². The minimum Gasteiger partial charge on any atom is -0.387 e. The van der Waals surface area contributed by atoms with Crippen LogP contribution in [0.5, 0.6) is 0 Å². The van der Waals surface area contributed by atoms with Gasteiger partial charge in [-0.05, 0) is 24.1 Å². The Hall–Kier alpha value is -0.830. The quantitative estimate of drug-likeness (QED) is 0.590. The van der Waals surface area contributed by atoms with E-state index in [1.165, 1.54) is 5.56 Å². The molecule has 2 nitrogen and oxygen atoms in total. The van der Waals surface area contributed by atoms with Gasteiger partial charge in [-0.3, -0.25) is 5.41 Å². The van der Waals surface area contributed by atoms with Gasteiger partial charge in [0.15, 0.2) is 0 Å². The average Bonchev–Trinajstić information content (AvgIpc) is 1.96. The molecule has 0 aromatic heterocycles. The summed E-state index contributed by atoms with van der Waals surface area (Å²) in [5, 5.41) is 7.12. The lowest BCUT2D eigenvalue weighted by molar-refractivity contribution is 1.23. The largest absolute Gasteiger partial charge is 0.387 e. The highest BCUT2D eigenvalue weighted by Crippen LogP contribution is 2.17. The summed E-state index contributed by atoms with van der Waals surface area (Å²) in [6.07, 6.45) is 0.527. The minimum absolute atomic E-state index is 0.200. The Morgan fingerprint density at radius 3 is 2.75 bits per heavy atom. The van der Waals surface area contributed by atoms with Gasteiger partial charge in [0.1, 0.15) is 0 Å². The van der Waals surface area contributed by atoms with Gasteiger partial charge in [0.2, 0.25) is 0 Å². The number of hydrogen-bond donors (Lipinski definition) is 2. The molecule has 0 amide bonds. The Balaban J connectivity index is 2.89. The summed E-state index contributed by atoms with van der Waals surface area (Å²) >= 11 is 3.42.